The van der Waals surface area contributed by atoms with E-state index in [4.69, 9.17) is 4.74 Å². The molecule has 0 spiro atoms. The van der Waals surface area contributed by atoms with Gasteiger partial charge in [0.2, 0.25) is 0 Å². The van der Waals surface area contributed by atoms with Crippen LogP contribution in [-0.2, 0) is 11.2 Å². The molecular formula is C25H24O5. The van der Waals surface area contributed by atoms with Gasteiger partial charge in [-0.1, -0.05) is 37.3 Å². The van der Waals surface area contributed by atoms with E-state index < -0.39 is 5.97 Å². The fourth-order valence-corrected chi connectivity index (χ4v) is 3.52. The molecule has 0 atom stereocenters. The first-order valence-corrected chi connectivity index (χ1v) is 9.82. The van der Waals surface area contributed by atoms with E-state index in [-0.39, 0.29) is 24.4 Å². The lowest BCUT2D eigenvalue weighted by Crippen LogP contribution is -2.06. The summed E-state index contributed by atoms with van der Waals surface area (Å²) in [6.07, 6.45) is 1.01. The third-order valence-electron chi connectivity index (χ3n) is 5.19. The molecule has 3 aromatic carbocycles. The van der Waals surface area contributed by atoms with E-state index in [0.717, 1.165) is 28.5 Å². The summed E-state index contributed by atoms with van der Waals surface area (Å²) in [4.78, 5) is 36.6. The van der Waals surface area contributed by atoms with Crippen LogP contribution in [-0.4, -0.2) is 31.8 Å². The van der Waals surface area contributed by atoms with Crippen molar-refractivity contribution in [2.45, 2.75) is 26.2 Å². The Kier molecular flexibility index (Phi) is 6.62. The number of methoxy groups -OCH3 is 2. The lowest BCUT2D eigenvalue weighted by molar-refractivity contribution is 0.0600. The highest BCUT2D eigenvalue weighted by Gasteiger charge is 2.14. The van der Waals surface area contributed by atoms with Crippen LogP contribution in [0.1, 0.15) is 56.4 Å². The Morgan fingerprint density at radius 2 is 1.33 bits per heavy atom. The van der Waals surface area contributed by atoms with E-state index in [0.29, 0.717) is 16.7 Å². The molecule has 0 amide bonds. The monoisotopic (exact) mass is 404 g/mol. The average Bonchev–Trinajstić information content (AvgIpc) is 2.80. The maximum absolute atomic E-state index is 12.7. The fourth-order valence-electron chi connectivity index (χ4n) is 3.52. The van der Waals surface area contributed by atoms with Gasteiger partial charge in [0.05, 0.1) is 19.8 Å². The van der Waals surface area contributed by atoms with Crippen molar-refractivity contribution in [2.24, 2.45) is 0 Å². The second-order valence-corrected chi connectivity index (χ2v) is 6.95. The summed E-state index contributed by atoms with van der Waals surface area (Å²) in [5.74, 6) is 0.126. The molecule has 3 rings (SSSR count). The van der Waals surface area contributed by atoms with Crippen molar-refractivity contribution in [1.82, 2.24) is 0 Å². The van der Waals surface area contributed by atoms with Gasteiger partial charge < -0.3 is 9.47 Å². The molecule has 0 unspecified atom stereocenters. The number of hydrogen-bond donors (Lipinski definition) is 0. The van der Waals surface area contributed by atoms with Crippen molar-refractivity contribution in [3.05, 3.63) is 76.9 Å². The first-order valence-electron chi connectivity index (χ1n) is 9.82. The zero-order valence-electron chi connectivity index (χ0n) is 17.4. The number of benzene rings is 3. The van der Waals surface area contributed by atoms with Gasteiger partial charge in [-0.05, 0) is 41.5 Å². The summed E-state index contributed by atoms with van der Waals surface area (Å²) in [6, 6.07) is 15.8. The molecule has 5 heteroatoms. The molecule has 154 valence electrons. The summed E-state index contributed by atoms with van der Waals surface area (Å²) >= 11 is 0. The highest BCUT2D eigenvalue weighted by molar-refractivity contribution is 6.04. The summed E-state index contributed by atoms with van der Waals surface area (Å²) in [6.45, 7) is 2.05. The summed E-state index contributed by atoms with van der Waals surface area (Å²) in [5.41, 5.74) is 2.49. The maximum atomic E-state index is 12.7. The van der Waals surface area contributed by atoms with Crippen LogP contribution in [0.15, 0.2) is 54.6 Å². The number of rotatable bonds is 8. The third-order valence-corrected chi connectivity index (χ3v) is 5.19. The van der Waals surface area contributed by atoms with E-state index >= 15 is 0 Å². The lowest BCUT2D eigenvalue weighted by Gasteiger charge is -2.11. The van der Waals surface area contributed by atoms with Crippen molar-refractivity contribution in [2.75, 3.05) is 14.2 Å². The van der Waals surface area contributed by atoms with Crippen molar-refractivity contribution < 1.29 is 23.9 Å². The second kappa shape index (κ2) is 9.35. The van der Waals surface area contributed by atoms with Crippen LogP contribution in [0.4, 0.5) is 0 Å². The molecule has 0 fully saturated rings. The van der Waals surface area contributed by atoms with Crippen LogP contribution in [0.2, 0.25) is 0 Å². The Balaban J connectivity index is 1.73. The van der Waals surface area contributed by atoms with Crippen LogP contribution in [0, 0.1) is 0 Å². The Labute approximate surface area is 175 Å². The number of aryl methyl sites for hydroxylation is 1. The number of Topliss-reactive ketones (excluding diaryl/α,β-unsaturated/α-hetero) is 2. The van der Waals surface area contributed by atoms with Crippen molar-refractivity contribution in [3.8, 4) is 5.75 Å². The van der Waals surface area contributed by atoms with Crippen LogP contribution >= 0.6 is 0 Å². The fraction of sp³-hybridized carbons (Fsp3) is 0.240. The molecule has 0 aromatic heterocycles. The van der Waals surface area contributed by atoms with E-state index in [1.54, 1.807) is 37.4 Å². The number of carbonyl (C=O) groups excluding carboxylic acids is 3. The smallest absolute Gasteiger partial charge is 0.337 e. The van der Waals surface area contributed by atoms with E-state index in [9.17, 15) is 14.4 Å². The summed E-state index contributed by atoms with van der Waals surface area (Å²) in [5, 5.41) is 2.04. The molecule has 0 aliphatic heterocycles. The Morgan fingerprint density at radius 1 is 0.767 bits per heavy atom. The van der Waals surface area contributed by atoms with Crippen LogP contribution in [0.3, 0.4) is 0 Å². The Hall–Kier alpha value is -3.47. The van der Waals surface area contributed by atoms with Gasteiger partial charge in [0, 0.05) is 29.5 Å². The van der Waals surface area contributed by atoms with Crippen molar-refractivity contribution >= 4 is 28.3 Å². The molecule has 30 heavy (non-hydrogen) atoms. The largest absolute Gasteiger partial charge is 0.496 e. The van der Waals surface area contributed by atoms with Crippen LogP contribution < -0.4 is 4.74 Å². The molecule has 0 saturated carbocycles. The highest BCUT2D eigenvalue weighted by atomic mass is 16.5. The molecule has 0 N–H and O–H groups in total. The number of fused-ring (bicyclic) bond motifs is 1. The predicted octanol–water partition coefficient (Wildman–Crippen LogP) is 5.04. The van der Waals surface area contributed by atoms with Gasteiger partial charge in [-0.25, -0.2) is 4.79 Å². The quantitative estimate of drug-likeness (QED) is 0.388. The molecular weight excluding hydrogens is 380 g/mol. The second-order valence-electron chi connectivity index (χ2n) is 6.95. The molecule has 0 aliphatic carbocycles. The molecule has 5 nitrogen and oxygen atoms in total. The summed E-state index contributed by atoms with van der Waals surface area (Å²) < 4.78 is 10.1. The van der Waals surface area contributed by atoms with Crippen LogP contribution in [0.5, 0.6) is 5.75 Å². The zero-order valence-corrected chi connectivity index (χ0v) is 17.4. The minimum atomic E-state index is -0.455. The molecule has 0 heterocycles. The number of carbonyl (C=O) groups is 3. The number of ketones is 2. The van der Waals surface area contributed by atoms with E-state index in [1.807, 2.05) is 24.3 Å². The Morgan fingerprint density at radius 3 is 1.93 bits per heavy atom. The van der Waals surface area contributed by atoms with E-state index in [1.165, 1.54) is 7.11 Å². The van der Waals surface area contributed by atoms with Crippen molar-refractivity contribution in [1.29, 1.82) is 0 Å². The Bertz CT molecular complexity index is 1100. The minimum absolute atomic E-state index is 0.0821. The van der Waals surface area contributed by atoms with Gasteiger partial charge in [-0.3, -0.25) is 9.59 Å². The molecule has 0 bridgehead atoms. The maximum Gasteiger partial charge on any atom is 0.337 e. The number of hydrogen-bond acceptors (Lipinski definition) is 5. The predicted molar refractivity (Wildman–Crippen MR) is 116 cm³/mol. The lowest BCUT2D eigenvalue weighted by atomic mass is 9.96. The average molecular weight is 404 g/mol. The van der Waals surface area contributed by atoms with Gasteiger partial charge in [-0.2, -0.15) is 0 Å². The SMILES string of the molecule is CCc1c(OC)ccc2ccc(C(=O)CCC(=O)c3ccc(C(=O)OC)cc3)cc12. The highest BCUT2D eigenvalue weighted by Crippen LogP contribution is 2.29. The zero-order chi connectivity index (χ0) is 21.7. The molecule has 0 saturated heterocycles. The molecule has 0 radical (unpaired) electrons. The van der Waals surface area contributed by atoms with Crippen LogP contribution in [0.25, 0.3) is 10.8 Å². The third kappa shape index (κ3) is 4.40. The normalized spacial score (nSPS) is 10.6. The molecule has 3 aromatic rings. The van der Waals surface area contributed by atoms with Crippen molar-refractivity contribution in [3.63, 3.8) is 0 Å². The first-order chi connectivity index (χ1) is 14.5. The van der Waals surface area contributed by atoms with Gasteiger partial charge in [0.25, 0.3) is 0 Å². The number of esters is 1. The van der Waals surface area contributed by atoms with Gasteiger partial charge in [0.1, 0.15) is 5.75 Å². The number of ether oxygens (including phenoxy) is 2. The van der Waals surface area contributed by atoms with Gasteiger partial charge >= 0.3 is 5.97 Å². The van der Waals surface area contributed by atoms with Gasteiger partial charge in [-0.15, -0.1) is 0 Å². The standard InChI is InChI=1S/C25H24O5/c1-4-20-21-15-19(10-5-16(21)11-14-24(20)29-2)23(27)13-12-22(26)17-6-8-18(9-7-17)25(28)30-3/h5-11,14-15H,4,12-13H2,1-3H3. The summed E-state index contributed by atoms with van der Waals surface area (Å²) in [7, 11) is 2.94. The topological polar surface area (TPSA) is 69.7 Å². The minimum Gasteiger partial charge on any atom is -0.496 e. The first kappa shape index (κ1) is 21.2. The van der Waals surface area contributed by atoms with Gasteiger partial charge in [0.15, 0.2) is 11.6 Å². The van der Waals surface area contributed by atoms with E-state index in [2.05, 4.69) is 11.7 Å². The molecule has 0 aliphatic rings.